The molecule has 1 nitrogen and oxygen atoms in total. The van der Waals surface area contributed by atoms with Gasteiger partial charge in [-0.3, -0.25) is 0 Å². The molecule has 6 rings (SSSR count). The molecule has 5 aromatic rings. The Balaban J connectivity index is 1.95. The SMILES string of the molecule is Cc1c(C)c(C)c(-n2c3c(C)c(C)c(C)c(C)c3c3c(C)c4c(c(C)c32)Cc2c(C)c(C)c(C)c(C)c2-4)c(C)c1C. The Bertz CT molecular complexity index is 2010. The smallest absolute Gasteiger partial charge is 0.0576 e. The lowest BCUT2D eigenvalue weighted by Gasteiger charge is -2.23. The molecule has 0 fully saturated rings. The molecule has 0 unspecified atom stereocenters. The highest BCUT2D eigenvalue weighted by Gasteiger charge is 2.33. The van der Waals surface area contributed by atoms with Crippen molar-refractivity contribution in [1.82, 2.24) is 4.57 Å². The monoisotopic (exact) mass is 541 g/mol. The number of benzene rings is 4. The highest BCUT2D eigenvalue weighted by Crippen LogP contribution is 2.52. The predicted molar refractivity (Wildman–Crippen MR) is 180 cm³/mol. The molecule has 4 aromatic carbocycles. The standard InChI is InChI=1S/C40H47N/c1-17-21(5)27(11)38(28(12)22(17)6)41-39-29(13)23(7)20(4)26(10)36(39)37-31(15)35-33(30(14)40(37)41)16-32-24(8)18(2)19(3)25(9)34(32)35/h16H2,1-15H3. The fourth-order valence-corrected chi connectivity index (χ4v) is 8.35. The summed E-state index contributed by atoms with van der Waals surface area (Å²) in [6.07, 6.45) is 1.03. The Kier molecular flexibility index (Phi) is 6.00. The van der Waals surface area contributed by atoms with Gasteiger partial charge in [0.1, 0.15) is 0 Å². The molecule has 0 radical (unpaired) electrons. The van der Waals surface area contributed by atoms with Gasteiger partial charge in [-0.2, -0.15) is 0 Å². The first-order valence-electron chi connectivity index (χ1n) is 15.4. The van der Waals surface area contributed by atoms with Crippen LogP contribution in [-0.2, 0) is 6.42 Å². The summed E-state index contributed by atoms with van der Waals surface area (Å²) in [5.41, 5.74) is 31.8. The number of aromatic nitrogens is 1. The minimum absolute atomic E-state index is 1.03. The molecule has 212 valence electrons. The van der Waals surface area contributed by atoms with Crippen LogP contribution in [0, 0.1) is 104 Å². The van der Waals surface area contributed by atoms with Crippen LogP contribution >= 0.6 is 0 Å². The van der Waals surface area contributed by atoms with Gasteiger partial charge >= 0.3 is 0 Å². The predicted octanol–water partition coefficient (Wildman–Crippen LogP) is 11.0. The summed E-state index contributed by atoms with van der Waals surface area (Å²) in [6, 6.07) is 0. The third-order valence-corrected chi connectivity index (χ3v) is 12.1. The highest BCUT2D eigenvalue weighted by molar-refractivity contribution is 6.17. The minimum atomic E-state index is 1.03. The van der Waals surface area contributed by atoms with Gasteiger partial charge in [-0.15, -0.1) is 0 Å². The fourth-order valence-electron chi connectivity index (χ4n) is 8.35. The molecular weight excluding hydrogens is 494 g/mol. The molecule has 0 aliphatic heterocycles. The van der Waals surface area contributed by atoms with E-state index in [4.69, 9.17) is 0 Å². The van der Waals surface area contributed by atoms with Gasteiger partial charge in [0.05, 0.1) is 16.7 Å². The topological polar surface area (TPSA) is 4.93 Å². The minimum Gasteiger partial charge on any atom is -0.308 e. The van der Waals surface area contributed by atoms with E-state index in [9.17, 15) is 0 Å². The maximum atomic E-state index is 2.70. The molecule has 0 spiro atoms. The molecule has 1 heterocycles. The van der Waals surface area contributed by atoms with Gasteiger partial charge in [-0.1, -0.05) is 0 Å². The lowest BCUT2D eigenvalue weighted by Crippen LogP contribution is -2.08. The van der Waals surface area contributed by atoms with E-state index in [1.807, 2.05) is 0 Å². The number of rotatable bonds is 1. The van der Waals surface area contributed by atoms with Gasteiger partial charge in [0, 0.05) is 10.8 Å². The summed E-state index contributed by atoms with van der Waals surface area (Å²) in [6.45, 7) is 35.1. The molecule has 0 amide bonds. The zero-order chi connectivity index (χ0) is 30.1. The first-order valence-corrected chi connectivity index (χ1v) is 15.4. The third kappa shape index (κ3) is 3.24. The number of hydrogen-bond acceptors (Lipinski definition) is 0. The summed E-state index contributed by atoms with van der Waals surface area (Å²) in [7, 11) is 0. The molecule has 0 saturated heterocycles. The van der Waals surface area contributed by atoms with E-state index in [0.717, 1.165) is 6.42 Å². The van der Waals surface area contributed by atoms with Crippen LogP contribution in [0.3, 0.4) is 0 Å². The van der Waals surface area contributed by atoms with Crippen molar-refractivity contribution in [2.24, 2.45) is 0 Å². The van der Waals surface area contributed by atoms with E-state index in [2.05, 4.69) is 108 Å². The average Bonchev–Trinajstić information content (AvgIpc) is 3.52. The summed E-state index contributed by atoms with van der Waals surface area (Å²) in [5.74, 6) is 0. The molecule has 1 aromatic heterocycles. The molecule has 41 heavy (non-hydrogen) atoms. The number of aryl methyl sites for hydroxylation is 4. The van der Waals surface area contributed by atoms with Crippen LogP contribution in [0.2, 0.25) is 0 Å². The van der Waals surface area contributed by atoms with Crippen molar-refractivity contribution in [3.05, 3.63) is 94.6 Å². The maximum Gasteiger partial charge on any atom is 0.0576 e. The second kappa shape index (κ2) is 8.84. The van der Waals surface area contributed by atoms with E-state index >= 15 is 0 Å². The average molecular weight is 542 g/mol. The normalized spacial score (nSPS) is 12.7. The number of nitrogens with zero attached hydrogens (tertiary/aromatic N) is 1. The summed E-state index contributed by atoms with van der Waals surface area (Å²) < 4.78 is 2.70. The van der Waals surface area contributed by atoms with Crippen molar-refractivity contribution in [3.63, 3.8) is 0 Å². The zero-order valence-electron chi connectivity index (χ0n) is 28.2. The Hall–Kier alpha value is -3.32. The number of fused-ring (bicyclic) bond motifs is 6. The van der Waals surface area contributed by atoms with E-state index in [0.29, 0.717) is 0 Å². The highest BCUT2D eigenvalue weighted by atomic mass is 15.0. The van der Waals surface area contributed by atoms with Crippen LogP contribution in [0.5, 0.6) is 0 Å². The largest absolute Gasteiger partial charge is 0.308 e. The van der Waals surface area contributed by atoms with Crippen molar-refractivity contribution in [2.75, 3.05) is 0 Å². The van der Waals surface area contributed by atoms with Gasteiger partial charge < -0.3 is 4.57 Å². The van der Waals surface area contributed by atoms with Gasteiger partial charge in [-0.05, 0) is 216 Å². The molecule has 1 heteroatoms. The van der Waals surface area contributed by atoms with E-state index in [-0.39, 0.29) is 0 Å². The summed E-state index contributed by atoms with van der Waals surface area (Å²) in [4.78, 5) is 0. The van der Waals surface area contributed by atoms with Crippen LogP contribution in [0.1, 0.15) is 94.6 Å². The Morgan fingerprint density at radius 1 is 0.317 bits per heavy atom. The molecule has 0 bridgehead atoms. The molecule has 0 saturated carbocycles. The Labute approximate surface area is 247 Å². The van der Waals surface area contributed by atoms with Crippen molar-refractivity contribution in [1.29, 1.82) is 0 Å². The van der Waals surface area contributed by atoms with Gasteiger partial charge in [0.25, 0.3) is 0 Å². The number of hydrogen-bond donors (Lipinski definition) is 0. The fraction of sp³-hybridized carbons (Fsp3) is 0.400. The maximum absolute atomic E-state index is 2.70. The lowest BCUT2D eigenvalue weighted by molar-refractivity contribution is 1.05. The first-order chi connectivity index (χ1) is 19.1. The molecule has 1 aliphatic carbocycles. The first kappa shape index (κ1) is 27.8. The van der Waals surface area contributed by atoms with Crippen LogP contribution in [0.15, 0.2) is 0 Å². The van der Waals surface area contributed by atoms with Crippen LogP contribution < -0.4 is 0 Å². The van der Waals surface area contributed by atoms with Gasteiger partial charge in [0.15, 0.2) is 0 Å². The molecule has 1 aliphatic rings. The lowest BCUT2D eigenvalue weighted by atomic mass is 9.86. The second-order valence-electron chi connectivity index (χ2n) is 13.4. The van der Waals surface area contributed by atoms with E-state index < -0.39 is 0 Å². The summed E-state index contributed by atoms with van der Waals surface area (Å²) in [5, 5.41) is 2.91. The van der Waals surface area contributed by atoms with Crippen molar-refractivity contribution in [2.45, 2.75) is 110 Å². The summed E-state index contributed by atoms with van der Waals surface area (Å²) >= 11 is 0. The van der Waals surface area contributed by atoms with Crippen molar-refractivity contribution < 1.29 is 0 Å². The van der Waals surface area contributed by atoms with Crippen LogP contribution in [0.4, 0.5) is 0 Å². The van der Waals surface area contributed by atoms with Crippen LogP contribution in [-0.4, -0.2) is 4.57 Å². The van der Waals surface area contributed by atoms with Crippen molar-refractivity contribution in [3.8, 4) is 16.8 Å². The Morgan fingerprint density at radius 3 is 1.27 bits per heavy atom. The quantitative estimate of drug-likeness (QED) is 0.195. The van der Waals surface area contributed by atoms with Gasteiger partial charge in [0.2, 0.25) is 0 Å². The Morgan fingerprint density at radius 2 is 0.683 bits per heavy atom. The van der Waals surface area contributed by atoms with Crippen LogP contribution in [0.25, 0.3) is 38.6 Å². The van der Waals surface area contributed by atoms with Crippen molar-refractivity contribution >= 4 is 21.8 Å². The molecular formula is C40H47N. The van der Waals surface area contributed by atoms with E-state index in [1.165, 1.54) is 128 Å². The van der Waals surface area contributed by atoms with E-state index in [1.54, 1.807) is 5.56 Å². The van der Waals surface area contributed by atoms with Gasteiger partial charge in [-0.25, -0.2) is 0 Å². The third-order valence-electron chi connectivity index (χ3n) is 12.1. The molecule has 0 N–H and O–H groups in total. The second-order valence-corrected chi connectivity index (χ2v) is 13.4. The zero-order valence-corrected chi connectivity index (χ0v) is 28.2. The molecule has 0 atom stereocenters.